The van der Waals surface area contributed by atoms with Crippen molar-refractivity contribution in [1.29, 1.82) is 0 Å². The van der Waals surface area contributed by atoms with Gasteiger partial charge in [0.25, 0.3) is 0 Å². The Hall–Kier alpha value is -3.39. The molecule has 0 atom stereocenters. The fraction of sp³-hybridized carbons (Fsp3) is 0.243. The van der Waals surface area contributed by atoms with Crippen LogP contribution in [0.3, 0.4) is 0 Å². The molecule has 0 aliphatic heterocycles. The smallest absolute Gasteiger partial charge is 0.0192 e. The molecule has 207 valence electrons. The summed E-state index contributed by atoms with van der Waals surface area (Å²) in [5.41, 5.74) is 9.55. The fourth-order valence-electron chi connectivity index (χ4n) is 4.54. The van der Waals surface area contributed by atoms with Gasteiger partial charge in [0.05, 0.1) is 0 Å². The van der Waals surface area contributed by atoms with E-state index >= 15 is 0 Å². The Morgan fingerprint density at radius 3 is 1.98 bits per heavy atom. The van der Waals surface area contributed by atoms with Gasteiger partial charge >= 0.3 is 0 Å². The van der Waals surface area contributed by atoms with Crippen molar-refractivity contribution in [3.05, 3.63) is 144 Å². The third-order valence-corrected chi connectivity index (χ3v) is 6.89. The van der Waals surface area contributed by atoms with Crippen LogP contribution in [-0.2, 0) is 31.9 Å². The molecule has 0 spiro atoms. The Morgan fingerprint density at radius 2 is 1.38 bits per heavy atom. The van der Waals surface area contributed by atoms with Crippen molar-refractivity contribution in [1.82, 2.24) is 9.97 Å². The Labute approximate surface area is 254 Å². The van der Waals surface area contributed by atoms with E-state index in [1.165, 1.54) is 22.3 Å². The molecule has 0 fully saturated rings. The Bertz CT molecular complexity index is 1450. The number of nitrogens with zero attached hydrogens (tertiary/aromatic N) is 2. The molecule has 0 saturated carbocycles. The van der Waals surface area contributed by atoms with Gasteiger partial charge in [-0.1, -0.05) is 88.7 Å². The average Bonchev–Trinajstić information content (AvgIpc) is 2.95. The van der Waals surface area contributed by atoms with Crippen LogP contribution in [0.25, 0.3) is 22.5 Å². The first kappa shape index (κ1) is 31.1. The van der Waals surface area contributed by atoms with Gasteiger partial charge in [-0.3, -0.25) is 0 Å². The summed E-state index contributed by atoms with van der Waals surface area (Å²) in [6.45, 7) is 13.4. The van der Waals surface area contributed by atoms with Crippen LogP contribution in [0.2, 0.25) is 0 Å². The van der Waals surface area contributed by atoms with E-state index in [-0.39, 0.29) is 25.5 Å². The Kier molecular flexibility index (Phi) is 10.7. The van der Waals surface area contributed by atoms with Crippen molar-refractivity contribution >= 4 is 0 Å². The maximum atomic E-state index is 4.51. The molecule has 0 unspecified atom stereocenters. The summed E-state index contributed by atoms with van der Waals surface area (Å²) in [7, 11) is 0. The normalized spacial score (nSPS) is 11.2. The first-order valence-electron chi connectivity index (χ1n) is 13.6. The largest absolute Gasteiger partial charge is 0.305 e. The van der Waals surface area contributed by atoms with Crippen LogP contribution >= 0.6 is 0 Å². The molecule has 5 aromatic rings. The molecular weight excluding hydrogens is 665 g/mol. The summed E-state index contributed by atoms with van der Waals surface area (Å²) in [5, 5.41) is 0. The third-order valence-electron chi connectivity index (χ3n) is 6.89. The van der Waals surface area contributed by atoms with Crippen LogP contribution < -0.4 is 0 Å². The minimum atomic E-state index is -0.0274. The first-order valence-corrected chi connectivity index (χ1v) is 13.6. The second kappa shape index (κ2) is 13.8. The maximum absolute atomic E-state index is 4.51. The van der Waals surface area contributed by atoms with Crippen LogP contribution in [0.5, 0.6) is 0 Å². The van der Waals surface area contributed by atoms with E-state index < -0.39 is 0 Å². The van der Waals surface area contributed by atoms with Gasteiger partial charge in [0.2, 0.25) is 0 Å². The zero-order chi connectivity index (χ0) is 27.9. The SMILES string of the molecule is CC(C)(c1c[c-]c(-c2ccccn2)cc1)c1ccccc1.Cc1cnc(-c2[c-]cccc2)cc1CC(C)(C)C.[Ir]. The van der Waals surface area contributed by atoms with E-state index in [0.717, 1.165) is 28.9 Å². The zero-order valence-corrected chi connectivity index (χ0v) is 26.7. The standard InChI is InChI=1S/C20H18N.C17H20N.Ir/c1-20(2,17-8-4-3-5-9-17)18-13-11-16(12-14-18)19-10-6-7-15-21-19;1-13-12-18-16(14-8-6-5-7-9-14)10-15(13)11-17(2,3)4;/h3-11,13-15H,1-2H3;5-8,10,12H,11H2,1-4H3;/q2*-1;. The summed E-state index contributed by atoms with van der Waals surface area (Å²) < 4.78 is 0. The van der Waals surface area contributed by atoms with E-state index in [0.29, 0.717) is 5.41 Å². The number of aryl methyl sites for hydroxylation is 1. The monoisotopic (exact) mass is 703 g/mol. The van der Waals surface area contributed by atoms with Crippen LogP contribution in [0.1, 0.15) is 56.9 Å². The minimum absolute atomic E-state index is 0. The second-order valence-corrected chi connectivity index (χ2v) is 11.7. The number of aromatic nitrogens is 2. The van der Waals surface area contributed by atoms with E-state index in [9.17, 15) is 0 Å². The molecule has 2 heterocycles. The molecule has 0 N–H and O–H groups in total. The summed E-state index contributed by atoms with van der Waals surface area (Å²) in [4.78, 5) is 8.88. The van der Waals surface area contributed by atoms with E-state index in [1.807, 2.05) is 48.8 Å². The molecular formula is C37H38IrN2-2. The van der Waals surface area contributed by atoms with Crippen molar-refractivity contribution in [3.8, 4) is 22.5 Å². The number of benzene rings is 3. The van der Waals surface area contributed by atoms with Crippen LogP contribution in [0.4, 0.5) is 0 Å². The van der Waals surface area contributed by atoms with E-state index in [1.54, 1.807) is 0 Å². The molecule has 5 rings (SSSR count). The van der Waals surface area contributed by atoms with Crippen molar-refractivity contribution in [2.45, 2.75) is 53.4 Å². The number of pyridine rings is 2. The zero-order valence-electron chi connectivity index (χ0n) is 24.3. The third kappa shape index (κ3) is 8.31. The van der Waals surface area contributed by atoms with Gasteiger partial charge in [-0.05, 0) is 52.8 Å². The molecule has 0 aliphatic rings. The predicted octanol–water partition coefficient (Wildman–Crippen LogP) is 9.32. The molecule has 0 bridgehead atoms. The topological polar surface area (TPSA) is 25.8 Å². The van der Waals surface area contributed by atoms with Gasteiger partial charge < -0.3 is 9.97 Å². The molecule has 0 saturated heterocycles. The van der Waals surface area contributed by atoms with Crippen LogP contribution in [0.15, 0.2) is 109 Å². The van der Waals surface area contributed by atoms with Crippen molar-refractivity contribution in [3.63, 3.8) is 0 Å². The quantitative estimate of drug-likeness (QED) is 0.171. The summed E-state index contributed by atoms with van der Waals surface area (Å²) in [6.07, 6.45) is 4.85. The van der Waals surface area contributed by atoms with Crippen molar-refractivity contribution < 1.29 is 20.1 Å². The van der Waals surface area contributed by atoms with Gasteiger partial charge in [0.1, 0.15) is 0 Å². The molecule has 0 amide bonds. The number of rotatable bonds is 5. The van der Waals surface area contributed by atoms with E-state index in [4.69, 9.17) is 0 Å². The van der Waals surface area contributed by atoms with Gasteiger partial charge in [-0.2, -0.15) is 0 Å². The molecule has 1 radical (unpaired) electrons. The van der Waals surface area contributed by atoms with Crippen molar-refractivity contribution in [2.75, 3.05) is 0 Å². The number of hydrogen-bond acceptors (Lipinski definition) is 2. The molecule has 2 nitrogen and oxygen atoms in total. The van der Waals surface area contributed by atoms with Gasteiger partial charge in [-0.15, -0.1) is 71.3 Å². The summed E-state index contributed by atoms with van der Waals surface area (Å²) >= 11 is 0. The minimum Gasteiger partial charge on any atom is -0.305 e. The molecule has 2 aromatic heterocycles. The Balaban J connectivity index is 0.000000218. The Morgan fingerprint density at radius 1 is 0.675 bits per heavy atom. The van der Waals surface area contributed by atoms with Gasteiger partial charge in [-0.25, -0.2) is 0 Å². The maximum Gasteiger partial charge on any atom is 0.0192 e. The van der Waals surface area contributed by atoms with Crippen LogP contribution in [0, 0.1) is 24.5 Å². The number of hydrogen-bond donors (Lipinski definition) is 0. The summed E-state index contributed by atoms with van der Waals surface area (Å²) in [6, 6.07) is 39.6. The first-order chi connectivity index (χ1) is 18.6. The van der Waals surface area contributed by atoms with Gasteiger partial charge in [0.15, 0.2) is 0 Å². The molecule has 40 heavy (non-hydrogen) atoms. The second-order valence-electron chi connectivity index (χ2n) is 11.7. The van der Waals surface area contributed by atoms with Crippen LogP contribution in [-0.4, -0.2) is 9.97 Å². The van der Waals surface area contributed by atoms with Crippen molar-refractivity contribution in [2.24, 2.45) is 5.41 Å². The summed E-state index contributed by atoms with van der Waals surface area (Å²) in [5.74, 6) is 0. The van der Waals surface area contributed by atoms with Gasteiger partial charge in [0, 0.05) is 32.5 Å². The van der Waals surface area contributed by atoms with E-state index in [2.05, 4.69) is 124 Å². The fourth-order valence-corrected chi connectivity index (χ4v) is 4.54. The molecule has 0 aliphatic carbocycles. The molecule has 3 aromatic carbocycles. The molecule has 3 heteroatoms. The average molecular weight is 703 g/mol. The predicted molar refractivity (Wildman–Crippen MR) is 163 cm³/mol.